The van der Waals surface area contributed by atoms with Crippen molar-refractivity contribution in [2.24, 2.45) is 7.05 Å². The highest BCUT2D eigenvalue weighted by molar-refractivity contribution is 5.83. The second-order valence-electron chi connectivity index (χ2n) is 4.87. The minimum absolute atomic E-state index is 0.900. The molecule has 3 nitrogen and oxygen atoms in total. The number of rotatable bonds is 1. The van der Waals surface area contributed by atoms with Gasteiger partial charge in [-0.3, -0.25) is 0 Å². The maximum Gasteiger partial charge on any atom is 0.159 e. The van der Waals surface area contributed by atoms with E-state index in [0.29, 0.717) is 0 Å². The van der Waals surface area contributed by atoms with E-state index in [1.165, 1.54) is 0 Å². The Balaban J connectivity index is 1.98. The smallest absolute Gasteiger partial charge is 0.159 e. The maximum atomic E-state index is 4.72. The fourth-order valence-corrected chi connectivity index (χ4v) is 2.57. The molecule has 0 fully saturated rings. The predicted octanol–water partition coefficient (Wildman–Crippen LogP) is 3.79. The highest BCUT2D eigenvalue weighted by Gasteiger charge is 2.10. The van der Waals surface area contributed by atoms with Crippen LogP contribution >= 0.6 is 0 Å². The minimum atomic E-state index is 0.900. The number of fused-ring (bicyclic) bond motifs is 2. The van der Waals surface area contributed by atoms with Gasteiger partial charge in [-0.15, -0.1) is 0 Å². The first-order valence-corrected chi connectivity index (χ1v) is 6.60. The molecule has 3 heteroatoms. The Morgan fingerprint density at radius 3 is 2.35 bits per heavy atom. The first-order chi connectivity index (χ1) is 9.83. The number of benzene rings is 2. The van der Waals surface area contributed by atoms with Crippen molar-refractivity contribution in [3.05, 3.63) is 60.7 Å². The molecule has 96 valence electrons. The lowest BCUT2D eigenvalue weighted by Gasteiger charge is -2.03. The van der Waals surface area contributed by atoms with E-state index in [-0.39, 0.29) is 0 Å². The first kappa shape index (κ1) is 11.2. The number of nitrogens with zero attached hydrogens (tertiary/aromatic N) is 3. The molecule has 2 aromatic heterocycles. The summed E-state index contributed by atoms with van der Waals surface area (Å²) in [7, 11) is 2.03. The van der Waals surface area contributed by atoms with Crippen LogP contribution in [0.4, 0.5) is 0 Å². The van der Waals surface area contributed by atoms with Crippen LogP contribution in [0.15, 0.2) is 60.7 Å². The van der Waals surface area contributed by atoms with E-state index < -0.39 is 0 Å². The number of aryl methyl sites for hydroxylation is 1. The normalized spacial score (nSPS) is 11.2. The Labute approximate surface area is 116 Å². The first-order valence-electron chi connectivity index (χ1n) is 6.60. The van der Waals surface area contributed by atoms with Crippen LogP contribution in [0.5, 0.6) is 0 Å². The highest BCUT2D eigenvalue weighted by atomic mass is 15.1. The van der Waals surface area contributed by atoms with Gasteiger partial charge in [0.1, 0.15) is 5.69 Å². The number of hydrogen-bond donors (Lipinski definition) is 0. The summed E-state index contributed by atoms with van der Waals surface area (Å²) in [5, 5.41) is 1.15. The van der Waals surface area contributed by atoms with Crippen molar-refractivity contribution in [2.75, 3.05) is 0 Å². The van der Waals surface area contributed by atoms with Crippen molar-refractivity contribution in [1.29, 1.82) is 0 Å². The van der Waals surface area contributed by atoms with E-state index in [4.69, 9.17) is 4.98 Å². The SMILES string of the molecule is Cn1c(-c2ccc3ccccc3n2)nc2ccccc21. The molecule has 0 N–H and O–H groups in total. The van der Waals surface area contributed by atoms with Gasteiger partial charge >= 0.3 is 0 Å². The molecule has 0 spiro atoms. The molecule has 0 aliphatic carbocycles. The number of hydrogen-bond acceptors (Lipinski definition) is 2. The molecular formula is C17H13N3. The number of para-hydroxylation sites is 3. The summed E-state index contributed by atoms with van der Waals surface area (Å²) < 4.78 is 2.09. The van der Waals surface area contributed by atoms with Gasteiger partial charge in [0.15, 0.2) is 5.82 Å². The lowest BCUT2D eigenvalue weighted by molar-refractivity contribution is 0.952. The average Bonchev–Trinajstić information content (AvgIpc) is 2.84. The van der Waals surface area contributed by atoms with Crippen LogP contribution in [-0.4, -0.2) is 14.5 Å². The van der Waals surface area contributed by atoms with Crippen molar-refractivity contribution in [3.63, 3.8) is 0 Å². The van der Waals surface area contributed by atoms with Gasteiger partial charge in [-0.25, -0.2) is 9.97 Å². The molecule has 0 saturated carbocycles. The summed E-state index contributed by atoms with van der Waals surface area (Å²) in [5.41, 5.74) is 4.02. The Kier molecular flexibility index (Phi) is 2.33. The van der Waals surface area contributed by atoms with E-state index in [1.807, 2.05) is 49.5 Å². The molecule has 2 aromatic carbocycles. The lowest BCUT2D eigenvalue weighted by atomic mass is 10.2. The standard InChI is InChI=1S/C17H13N3/c1-20-16-9-5-4-8-14(16)19-17(20)15-11-10-12-6-2-3-7-13(12)18-15/h2-11H,1H3. The monoisotopic (exact) mass is 259 g/mol. The predicted molar refractivity (Wildman–Crippen MR) is 81.5 cm³/mol. The molecule has 0 atom stereocenters. The van der Waals surface area contributed by atoms with E-state index in [0.717, 1.165) is 33.5 Å². The van der Waals surface area contributed by atoms with Crippen molar-refractivity contribution in [2.45, 2.75) is 0 Å². The van der Waals surface area contributed by atoms with Crippen LogP contribution in [0.3, 0.4) is 0 Å². The van der Waals surface area contributed by atoms with E-state index in [2.05, 4.69) is 27.8 Å². The van der Waals surface area contributed by atoms with Crippen LogP contribution in [0.2, 0.25) is 0 Å². The molecule has 0 unspecified atom stereocenters. The Morgan fingerprint density at radius 1 is 0.750 bits per heavy atom. The highest BCUT2D eigenvalue weighted by Crippen LogP contribution is 2.23. The molecule has 0 radical (unpaired) electrons. The van der Waals surface area contributed by atoms with Crippen molar-refractivity contribution >= 4 is 21.9 Å². The van der Waals surface area contributed by atoms with Gasteiger partial charge in [0.2, 0.25) is 0 Å². The molecule has 4 rings (SSSR count). The van der Waals surface area contributed by atoms with Gasteiger partial charge in [-0.1, -0.05) is 36.4 Å². The van der Waals surface area contributed by atoms with E-state index >= 15 is 0 Å². The second-order valence-corrected chi connectivity index (χ2v) is 4.87. The third-order valence-corrected chi connectivity index (χ3v) is 3.61. The van der Waals surface area contributed by atoms with E-state index in [9.17, 15) is 0 Å². The van der Waals surface area contributed by atoms with Gasteiger partial charge < -0.3 is 4.57 Å². The fourth-order valence-electron chi connectivity index (χ4n) is 2.57. The fraction of sp³-hybridized carbons (Fsp3) is 0.0588. The zero-order valence-corrected chi connectivity index (χ0v) is 11.1. The third kappa shape index (κ3) is 1.60. The Bertz CT molecular complexity index is 922. The molecule has 20 heavy (non-hydrogen) atoms. The van der Waals surface area contributed by atoms with Gasteiger partial charge in [-0.2, -0.15) is 0 Å². The molecule has 0 aliphatic heterocycles. The molecule has 0 bridgehead atoms. The van der Waals surface area contributed by atoms with Crippen LogP contribution in [0.25, 0.3) is 33.5 Å². The number of aromatic nitrogens is 3. The average molecular weight is 259 g/mol. The lowest BCUT2D eigenvalue weighted by Crippen LogP contribution is -1.94. The number of imidazole rings is 1. The van der Waals surface area contributed by atoms with Crippen molar-refractivity contribution in [1.82, 2.24) is 14.5 Å². The Hall–Kier alpha value is -2.68. The topological polar surface area (TPSA) is 30.7 Å². The summed E-state index contributed by atoms with van der Waals surface area (Å²) in [6.45, 7) is 0. The zero-order valence-electron chi connectivity index (χ0n) is 11.1. The minimum Gasteiger partial charge on any atom is -0.326 e. The summed E-state index contributed by atoms with van der Waals surface area (Å²) in [6.07, 6.45) is 0. The van der Waals surface area contributed by atoms with Gasteiger partial charge in [0.05, 0.1) is 16.6 Å². The molecule has 2 heterocycles. The van der Waals surface area contributed by atoms with Crippen LogP contribution in [0, 0.1) is 0 Å². The summed E-state index contributed by atoms with van der Waals surface area (Å²) in [5.74, 6) is 0.900. The van der Waals surface area contributed by atoms with Crippen molar-refractivity contribution < 1.29 is 0 Å². The maximum absolute atomic E-state index is 4.72. The summed E-state index contributed by atoms with van der Waals surface area (Å²) >= 11 is 0. The van der Waals surface area contributed by atoms with Crippen LogP contribution in [-0.2, 0) is 7.05 Å². The van der Waals surface area contributed by atoms with Crippen LogP contribution < -0.4 is 0 Å². The zero-order chi connectivity index (χ0) is 13.5. The third-order valence-electron chi connectivity index (χ3n) is 3.61. The largest absolute Gasteiger partial charge is 0.326 e. The summed E-state index contributed by atoms with van der Waals surface area (Å²) in [6, 6.07) is 20.4. The van der Waals surface area contributed by atoms with Crippen LogP contribution in [0.1, 0.15) is 0 Å². The molecule has 0 amide bonds. The van der Waals surface area contributed by atoms with Gasteiger partial charge in [-0.05, 0) is 24.3 Å². The van der Waals surface area contributed by atoms with Gasteiger partial charge in [0, 0.05) is 12.4 Å². The summed E-state index contributed by atoms with van der Waals surface area (Å²) in [4.78, 5) is 9.41. The molecule has 4 aromatic rings. The molecule has 0 saturated heterocycles. The molecule has 0 aliphatic rings. The number of pyridine rings is 1. The molecular weight excluding hydrogens is 246 g/mol. The second kappa shape index (κ2) is 4.17. The van der Waals surface area contributed by atoms with E-state index in [1.54, 1.807) is 0 Å². The quantitative estimate of drug-likeness (QED) is 0.520. The Morgan fingerprint density at radius 2 is 1.50 bits per heavy atom. The van der Waals surface area contributed by atoms with Crippen molar-refractivity contribution in [3.8, 4) is 11.5 Å². The van der Waals surface area contributed by atoms with Gasteiger partial charge in [0.25, 0.3) is 0 Å².